The van der Waals surface area contributed by atoms with Gasteiger partial charge < -0.3 is 14.8 Å². The van der Waals surface area contributed by atoms with Crippen molar-refractivity contribution in [1.29, 1.82) is 0 Å². The summed E-state index contributed by atoms with van der Waals surface area (Å²) in [5.74, 6) is 0.859. The smallest absolute Gasteiger partial charge is 0.259 e. The zero-order chi connectivity index (χ0) is 15.5. The average molecular weight is 294 g/mol. The van der Waals surface area contributed by atoms with Crippen molar-refractivity contribution in [2.75, 3.05) is 7.11 Å². The highest BCUT2D eigenvalue weighted by Gasteiger charge is 2.05. The van der Waals surface area contributed by atoms with Gasteiger partial charge >= 0.3 is 0 Å². The molecule has 2 aromatic carbocycles. The number of ether oxygens (including phenoxy) is 1. The van der Waals surface area contributed by atoms with Crippen LogP contribution in [0.15, 0.2) is 47.3 Å². The maximum Gasteiger partial charge on any atom is 0.259 e. The molecule has 0 spiro atoms. The Balaban J connectivity index is 2.01. The van der Waals surface area contributed by atoms with Crippen LogP contribution < -0.4 is 10.3 Å². The zero-order valence-electron chi connectivity index (χ0n) is 11.9. The summed E-state index contributed by atoms with van der Waals surface area (Å²) >= 11 is 0. The molecule has 1 heterocycles. The third-order valence-electron chi connectivity index (χ3n) is 3.30. The standard InChI is InChI=1S/C17H14N2O3/c1-22-14-8-4-5-11(16(14)20)9-10-15-18-13-7-3-2-6-12(13)17(21)19-15/h2-10,20H,1H3,(H,18,19,21)/b10-9+. The molecule has 0 aliphatic heterocycles. The van der Waals surface area contributed by atoms with Crippen LogP contribution in [0, 0.1) is 0 Å². The normalized spacial score (nSPS) is 11.1. The molecule has 0 bridgehead atoms. The molecule has 5 nitrogen and oxygen atoms in total. The summed E-state index contributed by atoms with van der Waals surface area (Å²) in [5, 5.41) is 10.6. The van der Waals surface area contributed by atoms with E-state index in [0.717, 1.165) is 0 Å². The first-order valence-corrected chi connectivity index (χ1v) is 6.72. The van der Waals surface area contributed by atoms with Crippen molar-refractivity contribution in [3.05, 3.63) is 64.2 Å². The lowest BCUT2D eigenvalue weighted by Crippen LogP contribution is -2.09. The molecule has 22 heavy (non-hydrogen) atoms. The van der Waals surface area contributed by atoms with Crippen LogP contribution in [0.3, 0.4) is 0 Å². The zero-order valence-corrected chi connectivity index (χ0v) is 11.9. The van der Waals surface area contributed by atoms with Gasteiger partial charge in [-0.2, -0.15) is 0 Å². The van der Waals surface area contributed by atoms with Crippen LogP contribution in [-0.4, -0.2) is 22.2 Å². The van der Waals surface area contributed by atoms with Crippen LogP contribution in [0.5, 0.6) is 11.5 Å². The number of methoxy groups -OCH3 is 1. The number of nitrogens with one attached hydrogen (secondary N) is 1. The van der Waals surface area contributed by atoms with E-state index in [-0.39, 0.29) is 11.3 Å². The fourth-order valence-electron chi connectivity index (χ4n) is 2.19. The second kappa shape index (κ2) is 5.73. The van der Waals surface area contributed by atoms with E-state index >= 15 is 0 Å². The Morgan fingerprint density at radius 1 is 1.14 bits per heavy atom. The summed E-state index contributed by atoms with van der Waals surface area (Å²) in [5.41, 5.74) is 1.01. The summed E-state index contributed by atoms with van der Waals surface area (Å²) in [4.78, 5) is 19.0. The lowest BCUT2D eigenvalue weighted by molar-refractivity contribution is 0.373. The van der Waals surface area contributed by atoms with Gasteiger partial charge in [0.2, 0.25) is 0 Å². The fourth-order valence-corrected chi connectivity index (χ4v) is 2.19. The van der Waals surface area contributed by atoms with Gasteiger partial charge in [-0.3, -0.25) is 4.79 Å². The number of phenolic OH excluding ortho intramolecular Hbond substituents is 1. The molecule has 0 radical (unpaired) electrons. The first-order chi connectivity index (χ1) is 10.7. The Morgan fingerprint density at radius 3 is 2.77 bits per heavy atom. The second-order valence-corrected chi connectivity index (χ2v) is 4.70. The number of aromatic amines is 1. The number of benzene rings is 2. The number of nitrogens with zero attached hydrogens (tertiary/aromatic N) is 1. The Kier molecular flexibility index (Phi) is 3.62. The predicted molar refractivity (Wildman–Crippen MR) is 86.0 cm³/mol. The minimum atomic E-state index is -0.194. The summed E-state index contributed by atoms with van der Waals surface area (Å²) in [6.07, 6.45) is 3.31. The molecule has 0 saturated carbocycles. The number of aromatic hydroxyl groups is 1. The molecule has 3 aromatic rings. The van der Waals surface area contributed by atoms with Crippen molar-refractivity contribution in [2.24, 2.45) is 0 Å². The number of phenols is 1. The van der Waals surface area contributed by atoms with E-state index in [9.17, 15) is 9.90 Å². The number of H-pyrrole nitrogens is 1. The van der Waals surface area contributed by atoms with Gasteiger partial charge in [-0.1, -0.05) is 24.3 Å². The molecule has 0 aliphatic rings. The monoisotopic (exact) mass is 294 g/mol. The molecule has 2 N–H and O–H groups in total. The number of rotatable bonds is 3. The quantitative estimate of drug-likeness (QED) is 0.779. The summed E-state index contributed by atoms with van der Waals surface area (Å²) < 4.78 is 5.06. The average Bonchev–Trinajstić information content (AvgIpc) is 2.54. The number of para-hydroxylation sites is 2. The molecule has 0 fully saturated rings. The van der Waals surface area contributed by atoms with E-state index in [1.165, 1.54) is 7.11 Å². The van der Waals surface area contributed by atoms with E-state index < -0.39 is 0 Å². The molecule has 0 atom stereocenters. The molecule has 5 heteroatoms. The Labute approximate surface area is 126 Å². The molecule has 0 aliphatic carbocycles. The van der Waals surface area contributed by atoms with E-state index in [4.69, 9.17) is 4.74 Å². The summed E-state index contributed by atoms with van der Waals surface area (Å²) in [6.45, 7) is 0. The second-order valence-electron chi connectivity index (χ2n) is 4.70. The third-order valence-corrected chi connectivity index (χ3v) is 3.30. The van der Waals surface area contributed by atoms with E-state index in [1.807, 2.05) is 6.07 Å². The maximum atomic E-state index is 12.0. The Morgan fingerprint density at radius 2 is 1.95 bits per heavy atom. The lowest BCUT2D eigenvalue weighted by atomic mass is 10.1. The highest BCUT2D eigenvalue weighted by atomic mass is 16.5. The molecule has 0 unspecified atom stereocenters. The largest absolute Gasteiger partial charge is 0.504 e. The van der Waals surface area contributed by atoms with Crippen molar-refractivity contribution in [3.63, 3.8) is 0 Å². The minimum Gasteiger partial charge on any atom is -0.504 e. The highest BCUT2D eigenvalue weighted by molar-refractivity contribution is 5.79. The Bertz CT molecular complexity index is 913. The van der Waals surface area contributed by atoms with Gasteiger partial charge in [0, 0.05) is 5.56 Å². The van der Waals surface area contributed by atoms with Crippen LogP contribution in [0.1, 0.15) is 11.4 Å². The SMILES string of the molecule is COc1cccc(/C=C/c2nc3ccccc3c(=O)[nH]2)c1O. The third kappa shape index (κ3) is 2.56. The van der Waals surface area contributed by atoms with Crippen LogP contribution in [0.4, 0.5) is 0 Å². The minimum absolute atomic E-state index is 0.0457. The van der Waals surface area contributed by atoms with Gasteiger partial charge in [0.1, 0.15) is 5.82 Å². The van der Waals surface area contributed by atoms with Crippen molar-refractivity contribution < 1.29 is 9.84 Å². The highest BCUT2D eigenvalue weighted by Crippen LogP contribution is 2.30. The number of fused-ring (bicyclic) bond motifs is 1. The van der Waals surface area contributed by atoms with E-state index in [1.54, 1.807) is 48.6 Å². The van der Waals surface area contributed by atoms with Gasteiger partial charge in [-0.15, -0.1) is 0 Å². The van der Waals surface area contributed by atoms with Crippen molar-refractivity contribution in [2.45, 2.75) is 0 Å². The fraction of sp³-hybridized carbons (Fsp3) is 0.0588. The first-order valence-electron chi connectivity index (χ1n) is 6.72. The first kappa shape index (κ1) is 13.9. The van der Waals surface area contributed by atoms with Crippen LogP contribution >= 0.6 is 0 Å². The predicted octanol–water partition coefficient (Wildman–Crippen LogP) is 2.81. The van der Waals surface area contributed by atoms with Gasteiger partial charge in [0.25, 0.3) is 5.56 Å². The number of hydrogen-bond donors (Lipinski definition) is 2. The lowest BCUT2D eigenvalue weighted by Gasteiger charge is -2.05. The Hall–Kier alpha value is -3.08. The maximum absolute atomic E-state index is 12.0. The van der Waals surface area contributed by atoms with Crippen LogP contribution in [0.2, 0.25) is 0 Å². The van der Waals surface area contributed by atoms with Crippen molar-refractivity contribution >= 4 is 23.1 Å². The number of hydrogen-bond acceptors (Lipinski definition) is 4. The van der Waals surface area contributed by atoms with Crippen LogP contribution in [0.25, 0.3) is 23.1 Å². The number of aromatic nitrogens is 2. The summed E-state index contributed by atoms with van der Waals surface area (Å²) in [7, 11) is 1.49. The van der Waals surface area contributed by atoms with Crippen LogP contribution in [-0.2, 0) is 0 Å². The molecule has 110 valence electrons. The van der Waals surface area contributed by atoms with Gasteiger partial charge in [-0.05, 0) is 30.4 Å². The molecule has 0 amide bonds. The van der Waals surface area contributed by atoms with Gasteiger partial charge in [-0.25, -0.2) is 4.98 Å². The van der Waals surface area contributed by atoms with Gasteiger partial charge in [0.05, 0.1) is 18.0 Å². The van der Waals surface area contributed by atoms with Crippen molar-refractivity contribution in [3.8, 4) is 11.5 Å². The summed E-state index contributed by atoms with van der Waals surface area (Å²) in [6, 6.07) is 12.3. The molecule has 0 saturated heterocycles. The van der Waals surface area contributed by atoms with Crippen molar-refractivity contribution in [1.82, 2.24) is 9.97 Å². The molecule has 1 aromatic heterocycles. The molecular weight excluding hydrogens is 280 g/mol. The topological polar surface area (TPSA) is 75.2 Å². The van der Waals surface area contributed by atoms with E-state index in [0.29, 0.717) is 28.0 Å². The molecular formula is C17H14N2O3. The van der Waals surface area contributed by atoms with Gasteiger partial charge in [0.15, 0.2) is 11.5 Å². The molecule has 3 rings (SSSR count). The van der Waals surface area contributed by atoms with E-state index in [2.05, 4.69) is 9.97 Å².